The van der Waals surface area contributed by atoms with Gasteiger partial charge in [0.1, 0.15) is 18.8 Å². The Hall–Kier alpha value is -2.14. The molecule has 0 radical (unpaired) electrons. The lowest BCUT2D eigenvalue weighted by Gasteiger charge is -2.35. The van der Waals surface area contributed by atoms with Gasteiger partial charge in [0.15, 0.2) is 6.04 Å². The lowest BCUT2D eigenvalue weighted by molar-refractivity contribution is -0.172. The maximum absolute atomic E-state index is 11.2. The number of nitrogens with one attached hydrogen (secondary N) is 1. The highest BCUT2D eigenvalue weighted by atomic mass is 16.6. The number of carbonyl (C=O) groups is 3. The molecule has 1 amide bonds. The third kappa shape index (κ3) is 5.39. The molecule has 1 heterocycles. The number of amides is 1. The average molecular weight is 298 g/mol. The maximum Gasteiger partial charge on any atom is 0.352 e. The summed E-state index contributed by atoms with van der Waals surface area (Å²) in [6.07, 6.45) is -2.06. The quantitative estimate of drug-likeness (QED) is 0.581. The van der Waals surface area contributed by atoms with E-state index in [1.807, 2.05) is 0 Å². The first-order valence-corrected chi connectivity index (χ1v) is 6.43. The Morgan fingerprint density at radius 3 is 2.43 bits per heavy atom. The normalized spacial score (nSPS) is 28.1. The van der Waals surface area contributed by atoms with E-state index in [0.717, 1.165) is 0 Å². The summed E-state index contributed by atoms with van der Waals surface area (Å²) in [5.41, 5.74) is 0. The molecule has 1 N–H and O–H groups in total. The van der Waals surface area contributed by atoms with Crippen LogP contribution in [-0.2, 0) is 28.6 Å². The van der Waals surface area contributed by atoms with Crippen molar-refractivity contribution in [3.63, 3.8) is 0 Å². The Labute approximate surface area is 122 Å². The fraction of sp³-hybridized carbons (Fsp3) is 0.692. The molecule has 0 aliphatic carbocycles. The molecule has 8 nitrogen and oxygen atoms in total. The number of rotatable bonds is 4. The number of nitrogens with zero attached hydrogens (tertiary/aromatic N) is 1. The molecule has 1 fully saturated rings. The predicted octanol–water partition coefficient (Wildman–Crippen LogP) is 0.0202. The second kappa shape index (κ2) is 7.59. The van der Waals surface area contributed by atoms with Crippen molar-refractivity contribution in [3.05, 3.63) is 11.4 Å². The molecule has 1 aliphatic rings. The van der Waals surface area contributed by atoms with Crippen LogP contribution in [0.3, 0.4) is 0 Å². The van der Waals surface area contributed by atoms with Crippen LogP contribution < -0.4 is 5.32 Å². The Morgan fingerprint density at radius 2 is 1.95 bits per heavy atom. The molecular formula is C13H18N2O6. The minimum Gasteiger partial charge on any atom is -0.463 e. The molecule has 0 saturated carbocycles. The van der Waals surface area contributed by atoms with Gasteiger partial charge in [-0.25, -0.2) is 6.57 Å². The van der Waals surface area contributed by atoms with Crippen molar-refractivity contribution in [2.24, 2.45) is 0 Å². The molecule has 4 atom stereocenters. The lowest BCUT2D eigenvalue weighted by Crippen LogP contribution is -2.57. The smallest absolute Gasteiger partial charge is 0.352 e. The molecule has 1 aliphatic heterocycles. The molecule has 1 saturated heterocycles. The molecule has 0 aromatic carbocycles. The SMILES string of the molecule is [C-]#[N+][C@@H]1O[C@H](COC(C)=O)C[C@H](OC(C)=O)[C@H]1NC(C)=O. The van der Waals surface area contributed by atoms with Crippen molar-refractivity contribution in [3.8, 4) is 0 Å². The van der Waals surface area contributed by atoms with E-state index < -0.39 is 36.4 Å². The predicted molar refractivity (Wildman–Crippen MR) is 69.7 cm³/mol. The second-order valence-corrected chi connectivity index (χ2v) is 4.69. The van der Waals surface area contributed by atoms with Crippen LogP contribution in [0.1, 0.15) is 27.2 Å². The van der Waals surface area contributed by atoms with Crippen LogP contribution in [0.4, 0.5) is 0 Å². The van der Waals surface area contributed by atoms with Crippen molar-refractivity contribution in [1.82, 2.24) is 5.32 Å². The minimum absolute atomic E-state index is 0.0358. The summed E-state index contributed by atoms with van der Waals surface area (Å²) in [6.45, 7) is 10.9. The van der Waals surface area contributed by atoms with Crippen LogP contribution in [0.15, 0.2) is 0 Å². The van der Waals surface area contributed by atoms with Gasteiger partial charge in [-0.15, -0.1) is 0 Å². The first-order valence-electron chi connectivity index (χ1n) is 6.43. The van der Waals surface area contributed by atoms with Crippen LogP contribution in [-0.4, -0.2) is 48.9 Å². The number of ether oxygens (including phenoxy) is 3. The maximum atomic E-state index is 11.2. The Balaban J connectivity index is 2.83. The first kappa shape index (κ1) is 16.9. The van der Waals surface area contributed by atoms with Gasteiger partial charge in [0.05, 0.1) is 0 Å². The first-order chi connectivity index (χ1) is 9.83. The van der Waals surface area contributed by atoms with Gasteiger partial charge in [-0.3, -0.25) is 19.2 Å². The van der Waals surface area contributed by atoms with Crippen LogP contribution >= 0.6 is 0 Å². The largest absolute Gasteiger partial charge is 0.463 e. The highest BCUT2D eigenvalue weighted by Gasteiger charge is 2.45. The van der Waals surface area contributed by atoms with Gasteiger partial charge in [-0.1, -0.05) is 0 Å². The second-order valence-electron chi connectivity index (χ2n) is 4.69. The van der Waals surface area contributed by atoms with Gasteiger partial charge < -0.3 is 19.5 Å². The summed E-state index contributed by atoms with van der Waals surface area (Å²) in [5.74, 6) is -1.34. The third-order valence-electron chi connectivity index (χ3n) is 2.82. The molecule has 0 unspecified atom stereocenters. The number of hydrogen-bond acceptors (Lipinski definition) is 6. The Bertz CT molecular complexity index is 458. The monoisotopic (exact) mass is 298 g/mol. The molecule has 21 heavy (non-hydrogen) atoms. The zero-order chi connectivity index (χ0) is 16.0. The zero-order valence-electron chi connectivity index (χ0n) is 12.1. The summed E-state index contributed by atoms with van der Waals surface area (Å²) >= 11 is 0. The Morgan fingerprint density at radius 1 is 1.29 bits per heavy atom. The zero-order valence-corrected chi connectivity index (χ0v) is 12.1. The van der Waals surface area contributed by atoms with Gasteiger partial charge in [0, 0.05) is 27.2 Å². The minimum atomic E-state index is -1.01. The van der Waals surface area contributed by atoms with Crippen LogP contribution in [0.2, 0.25) is 0 Å². The van der Waals surface area contributed by atoms with E-state index in [4.69, 9.17) is 20.8 Å². The highest BCUT2D eigenvalue weighted by Crippen LogP contribution is 2.24. The van der Waals surface area contributed by atoms with Gasteiger partial charge in [0.25, 0.3) is 0 Å². The number of esters is 2. The van der Waals surface area contributed by atoms with Crippen LogP contribution in [0.25, 0.3) is 4.85 Å². The molecule has 1 rings (SSSR count). The van der Waals surface area contributed by atoms with Crippen molar-refractivity contribution < 1.29 is 28.6 Å². The summed E-state index contributed by atoms with van der Waals surface area (Å²) in [4.78, 5) is 36.5. The Kier molecular flexibility index (Phi) is 6.11. The van der Waals surface area contributed by atoms with E-state index in [1.165, 1.54) is 20.8 Å². The average Bonchev–Trinajstić information content (AvgIpc) is 2.37. The van der Waals surface area contributed by atoms with Crippen molar-refractivity contribution >= 4 is 17.8 Å². The molecular weight excluding hydrogens is 280 g/mol. The molecule has 116 valence electrons. The topological polar surface area (TPSA) is 95.3 Å². The van der Waals surface area contributed by atoms with Crippen LogP contribution in [0.5, 0.6) is 0 Å². The standard InChI is InChI=1S/C13H18N2O6/c1-7(16)15-12-11(20-9(3)18)5-10(6-19-8(2)17)21-13(12)14-4/h10-13H,5-6H2,1-3H3,(H,15,16)/t10-,11-,12+,13+/m0/s1. The van der Waals surface area contributed by atoms with Gasteiger partial charge >= 0.3 is 18.2 Å². The van der Waals surface area contributed by atoms with Crippen LogP contribution in [0, 0.1) is 6.57 Å². The molecule has 0 bridgehead atoms. The molecule has 0 aromatic heterocycles. The van der Waals surface area contributed by atoms with Crippen molar-refractivity contribution in [2.45, 2.75) is 51.7 Å². The highest BCUT2D eigenvalue weighted by molar-refractivity contribution is 5.73. The third-order valence-corrected chi connectivity index (χ3v) is 2.82. The molecule has 0 aromatic rings. The van der Waals surface area contributed by atoms with Gasteiger partial charge in [0.2, 0.25) is 5.91 Å². The van der Waals surface area contributed by atoms with E-state index in [9.17, 15) is 14.4 Å². The van der Waals surface area contributed by atoms with Crippen molar-refractivity contribution in [2.75, 3.05) is 6.61 Å². The summed E-state index contributed by atoms with van der Waals surface area (Å²) in [6, 6.07) is -0.752. The number of hydrogen-bond donors (Lipinski definition) is 1. The van der Waals surface area contributed by atoms with E-state index in [2.05, 4.69) is 10.2 Å². The summed E-state index contributed by atoms with van der Waals surface area (Å²) < 4.78 is 15.5. The summed E-state index contributed by atoms with van der Waals surface area (Å²) in [7, 11) is 0. The summed E-state index contributed by atoms with van der Waals surface area (Å²) in [5, 5.41) is 2.56. The van der Waals surface area contributed by atoms with E-state index in [-0.39, 0.29) is 18.9 Å². The molecule has 8 heteroatoms. The van der Waals surface area contributed by atoms with Gasteiger partial charge in [-0.05, 0) is 0 Å². The van der Waals surface area contributed by atoms with E-state index >= 15 is 0 Å². The lowest BCUT2D eigenvalue weighted by atomic mass is 9.99. The van der Waals surface area contributed by atoms with Crippen molar-refractivity contribution in [1.29, 1.82) is 0 Å². The fourth-order valence-corrected chi connectivity index (χ4v) is 2.09. The van der Waals surface area contributed by atoms with E-state index in [0.29, 0.717) is 0 Å². The molecule has 0 spiro atoms. The van der Waals surface area contributed by atoms with E-state index in [1.54, 1.807) is 0 Å². The van der Waals surface area contributed by atoms with Gasteiger partial charge in [-0.2, -0.15) is 0 Å². The fourth-order valence-electron chi connectivity index (χ4n) is 2.09. The number of carbonyl (C=O) groups excluding carboxylic acids is 3.